The number of carbonyl (C=O) groups is 1. The van der Waals surface area contributed by atoms with Crippen LogP contribution < -0.4 is 4.74 Å². The number of benzene rings is 2. The lowest BCUT2D eigenvalue weighted by Crippen LogP contribution is -2.06. The minimum absolute atomic E-state index is 0.243. The Hall–Kier alpha value is -2.07. The van der Waals surface area contributed by atoms with Gasteiger partial charge in [0.25, 0.3) is 0 Å². The zero-order chi connectivity index (χ0) is 15.2. The number of methoxy groups -OCH3 is 1. The molecule has 1 atom stereocenters. The fourth-order valence-corrected chi connectivity index (χ4v) is 2.24. The molecule has 0 saturated carbocycles. The van der Waals surface area contributed by atoms with Crippen molar-refractivity contribution >= 4 is 16.7 Å². The lowest BCUT2D eigenvalue weighted by molar-refractivity contribution is -0.140. The SMILES string of the molecule is COC(=O)CCCOc1c([C@H](C)O)ccc2ccccc12. The van der Waals surface area contributed by atoms with Crippen LogP contribution in [-0.4, -0.2) is 24.8 Å². The molecule has 0 spiro atoms. The molecule has 4 heteroatoms. The van der Waals surface area contributed by atoms with Crippen LogP contribution in [0.3, 0.4) is 0 Å². The molecule has 2 aromatic rings. The van der Waals surface area contributed by atoms with Gasteiger partial charge in [-0.05, 0) is 18.7 Å². The molecule has 0 heterocycles. The van der Waals surface area contributed by atoms with Gasteiger partial charge in [-0.25, -0.2) is 0 Å². The molecule has 4 nitrogen and oxygen atoms in total. The summed E-state index contributed by atoms with van der Waals surface area (Å²) in [6.07, 6.45) is 0.297. The molecule has 0 radical (unpaired) electrons. The highest BCUT2D eigenvalue weighted by atomic mass is 16.5. The van der Waals surface area contributed by atoms with Gasteiger partial charge in [-0.3, -0.25) is 4.79 Å². The average Bonchev–Trinajstić information content (AvgIpc) is 2.50. The van der Waals surface area contributed by atoms with Crippen molar-refractivity contribution in [3.8, 4) is 5.75 Å². The predicted octanol–water partition coefficient (Wildman–Crippen LogP) is 3.23. The second-order valence-electron chi connectivity index (χ2n) is 4.91. The normalized spacial score (nSPS) is 12.1. The Kier molecular flexibility index (Phi) is 5.17. The van der Waals surface area contributed by atoms with Gasteiger partial charge in [0.2, 0.25) is 0 Å². The summed E-state index contributed by atoms with van der Waals surface area (Å²) >= 11 is 0. The summed E-state index contributed by atoms with van der Waals surface area (Å²) in [6, 6.07) is 11.7. The molecule has 0 saturated heterocycles. The summed E-state index contributed by atoms with van der Waals surface area (Å²) in [5, 5.41) is 11.9. The van der Waals surface area contributed by atoms with Crippen LogP contribution in [0.15, 0.2) is 36.4 Å². The van der Waals surface area contributed by atoms with Crippen LogP contribution in [0, 0.1) is 0 Å². The zero-order valence-electron chi connectivity index (χ0n) is 12.3. The van der Waals surface area contributed by atoms with Crippen molar-refractivity contribution in [1.29, 1.82) is 0 Å². The Bertz CT molecular complexity index is 619. The number of ether oxygens (including phenoxy) is 2. The molecule has 0 aliphatic heterocycles. The zero-order valence-corrected chi connectivity index (χ0v) is 12.3. The first-order valence-electron chi connectivity index (χ1n) is 7.03. The third-order valence-corrected chi connectivity index (χ3v) is 3.36. The molecule has 0 amide bonds. The van der Waals surface area contributed by atoms with Crippen LogP contribution in [-0.2, 0) is 9.53 Å². The van der Waals surface area contributed by atoms with E-state index in [-0.39, 0.29) is 5.97 Å². The number of esters is 1. The van der Waals surface area contributed by atoms with E-state index in [1.807, 2.05) is 36.4 Å². The van der Waals surface area contributed by atoms with Gasteiger partial charge in [0.05, 0.1) is 19.8 Å². The van der Waals surface area contributed by atoms with Crippen molar-refractivity contribution in [1.82, 2.24) is 0 Å². The van der Waals surface area contributed by atoms with Crippen molar-refractivity contribution in [2.45, 2.75) is 25.9 Å². The monoisotopic (exact) mass is 288 g/mol. The lowest BCUT2D eigenvalue weighted by atomic mass is 10.0. The van der Waals surface area contributed by atoms with Crippen LogP contribution >= 0.6 is 0 Å². The third-order valence-electron chi connectivity index (χ3n) is 3.36. The van der Waals surface area contributed by atoms with E-state index >= 15 is 0 Å². The molecule has 0 fully saturated rings. The van der Waals surface area contributed by atoms with Gasteiger partial charge in [-0.1, -0.05) is 36.4 Å². The minimum atomic E-state index is -0.606. The number of carbonyl (C=O) groups excluding carboxylic acids is 1. The summed E-state index contributed by atoms with van der Waals surface area (Å²) in [5.74, 6) is 0.445. The second-order valence-corrected chi connectivity index (χ2v) is 4.91. The summed E-state index contributed by atoms with van der Waals surface area (Å²) in [5.41, 5.74) is 0.756. The maximum Gasteiger partial charge on any atom is 0.305 e. The third kappa shape index (κ3) is 3.73. The molecule has 0 aromatic heterocycles. The van der Waals surface area contributed by atoms with E-state index in [9.17, 15) is 9.90 Å². The van der Waals surface area contributed by atoms with E-state index in [1.165, 1.54) is 7.11 Å². The Morgan fingerprint density at radius 1 is 1.24 bits per heavy atom. The van der Waals surface area contributed by atoms with Crippen LogP contribution in [0.1, 0.15) is 31.4 Å². The number of aliphatic hydroxyl groups is 1. The maximum absolute atomic E-state index is 11.1. The average molecular weight is 288 g/mol. The molecular weight excluding hydrogens is 268 g/mol. The van der Waals surface area contributed by atoms with Crippen LogP contribution in [0.2, 0.25) is 0 Å². The number of hydrogen-bond donors (Lipinski definition) is 1. The van der Waals surface area contributed by atoms with Gasteiger partial charge < -0.3 is 14.6 Å². The fourth-order valence-electron chi connectivity index (χ4n) is 2.24. The highest BCUT2D eigenvalue weighted by Gasteiger charge is 2.13. The number of aliphatic hydroxyl groups excluding tert-OH is 1. The van der Waals surface area contributed by atoms with E-state index < -0.39 is 6.10 Å². The van der Waals surface area contributed by atoms with E-state index in [4.69, 9.17) is 4.74 Å². The standard InChI is InChI=1S/C17H20O4/c1-12(18)14-10-9-13-6-3-4-7-15(13)17(14)21-11-5-8-16(19)20-2/h3-4,6-7,9-10,12,18H,5,8,11H2,1-2H3/t12-/m0/s1. The highest BCUT2D eigenvalue weighted by molar-refractivity contribution is 5.89. The Labute approximate surface area is 124 Å². The predicted molar refractivity (Wildman–Crippen MR) is 81.3 cm³/mol. The van der Waals surface area contributed by atoms with Gasteiger partial charge in [0.15, 0.2) is 0 Å². The second kappa shape index (κ2) is 7.09. The summed E-state index contributed by atoms with van der Waals surface area (Å²) in [6.45, 7) is 2.12. The smallest absolute Gasteiger partial charge is 0.305 e. The van der Waals surface area contributed by atoms with Crippen LogP contribution in [0.5, 0.6) is 5.75 Å². The largest absolute Gasteiger partial charge is 0.493 e. The highest BCUT2D eigenvalue weighted by Crippen LogP contribution is 2.33. The van der Waals surface area contributed by atoms with Gasteiger partial charge >= 0.3 is 5.97 Å². The number of hydrogen-bond acceptors (Lipinski definition) is 4. The first-order chi connectivity index (χ1) is 10.1. The van der Waals surface area contributed by atoms with Crippen molar-refractivity contribution in [2.24, 2.45) is 0 Å². The molecule has 1 N–H and O–H groups in total. The molecule has 112 valence electrons. The quantitative estimate of drug-likeness (QED) is 0.655. The van der Waals surface area contributed by atoms with Gasteiger partial charge in [-0.2, -0.15) is 0 Å². The molecule has 0 aliphatic rings. The van der Waals surface area contributed by atoms with E-state index in [0.29, 0.717) is 25.2 Å². The molecule has 0 unspecified atom stereocenters. The van der Waals surface area contributed by atoms with Crippen LogP contribution in [0.4, 0.5) is 0 Å². The van der Waals surface area contributed by atoms with Crippen molar-refractivity contribution in [3.63, 3.8) is 0 Å². The number of fused-ring (bicyclic) bond motifs is 1. The molecule has 2 rings (SSSR count). The van der Waals surface area contributed by atoms with Crippen molar-refractivity contribution in [2.75, 3.05) is 13.7 Å². The van der Waals surface area contributed by atoms with Crippen molar-refractivity contribution < 1.29 is 19.4 Å². The molecule has 0 aliphatic carbocycles. The minimum Gasteiger partial charge on any atom is -0.493 e. The Morgan fingerprint density at radius 3 is 2.71 bits per heavy atom. The Balaban J connectivity index is 2.19. The lowest BCUT2D eigenvalue weighted by Gasteiger charge is -2.16. The van der Waals surface area contributed by atoms with Gasteiger partial charge in [0, 0.05) is 17.4 Å². The summed E-state index contributed by atoms with van der Waals surface area (Å²) < 4.78 is 10.4. The topological polar surface area (TPSA) is 55.8 Å². The van der Waals surface area contributed by atoms with Crippen molar-refractivity contribution in [3.05, 3.63) is 42.0 Å². The molecular formula is C17H20O4. The molecule has 21 heavy (non-hydrogen) atoms. The number of rotatable bonds is 6. The maximum atomic E-state index is 11.1. The summed E-state index contributed by atoms with van der Waals surface area (Å²) in [4.78, 5) is 11.1. The van der Waals surface area contributed by atoms with E-state index in [0.717, 1.165) is 16.3 Å². The first-order valence-corrected chi connectivity index (χ1v) is 7.03. The summed E-state index contributed by atoms with van der Waals surface area (Å²) in [7, 11) is 1.37. The van der Waals surface area contributed by atoms with Crippen LogP contribution in [0.25, 0.3) is 10.8 Å². The van der Waals surface area contributed by atoms with Gasteiger partial charge in [-0.15, -0.1) is 0 Å². The first kappa shape index (κ1) is 15.3. The molecule has 2 aromatic carbocycles. The Morgan fingerprint density at radius 2 is 2.00 bits per heavy atom. The van der Waals surface area contributed by atoms with Gasteiger partial charge in [0.1, 0.15) is 5.75 Å². The molecule has 0 bridgehead atoms. The fraction of sp³-hybridized carbons (Fsp3) is 0.353. The van der Waals surface area contributed by atoms with E-state index in [1.54, 1.807) is 6.92 Å². The van der Waals surface area contributed by atoms with E-state index in [2.05, 4.69) is 4.74 Å².